The molecule has 0 aromatic carbocycles. The van der Waals surface area contributed by atoms with Crippen molar-refractivity contribution in [3.05, 3.63) is 4.91 Å². The molecule has 10 heavy (non-hydrogen) atoms. The Balaban J connectivity index is 2.06. The van der Waals surface area contributed by atoms with E-state index in [1.54, 1.807) is 0 Å². The maximum atomic E-state index is 10.2. The zero-order valence-corrected chi connectivity index (χ0v) is 5.71. The molecule has 0 bridgehead atoms. The standard InChI is InChI=1S/C8H9NO/c10-9-8-3-1-2-6-4-7(6)5-8/h6-8H,3-5H2. The van der Waals surface area contributed by atoms with Crippen LogP contribution in [0.15, 0.2) is 5.18 Å². The fourth-order valence-electron chi connectivity index (χ4n) is 1.51. The summed E-state index contributed by atoms with van der Waals surface area (Å²) in [7, 11) is 0. The lowest BCUT2D eigenvalue weighted by Gasteiger charge is -1.99. The molecule has 2 nitrogen and oxygen atoms in total. The molecule has 2 aliphatic rings. The average molecular weight is 135 g/mol. The Labute approximate surface area is 60.0 Å². The van der Waals surface area contributed by atoms with Crippen molar-refractivity contribution in [3.8, 4) is 11.8 Å². The van der Waals surface area contributed by atoms with E-state index in [1.165, 1.54) is 6.42 Å². The van der Waals surface area contributed by atoms with E-state index in [4.69, 9.17) is 0 Å². The summed E-state index contributed by atoms with van der Waals surface area (Å²) in [4.78, 5) is 10.2. The highest BCUT2D eigenvalue weighted by molar-refractivity contribution is 5.17. The van der Waals surface area contributed by atoms with Crippen LogP contribution in [0.5, 0.6) is 0 Å². The van der Waals surface area contributed by atoms with E-state index in [0.29, 0.717) is 18.3 Å². The summed E-state index contributed by atoms with van der Waals surface area (Å²) in [5.41, 5.74) is 0. The zero-order valence-electron chi connectivity index (χ0n) is 5.71. The van der Waals surface area contributed by atoms with Crippen molar-refractivity contribution in [2.45, 2.75) is 25.3 Å². The molecule has 2 aliphatic carbocycles. The molecular weight excluding hydrogens is 126 g/mol. The predicted octanol–water partition coefficient (Wildman–Crippen LogP) is 1.55. The normalized spacial score (nSPS) is 42.2. The third kappa shape index (κ3) is 0.923. The second-order valence-corrected chi connectivity index (χ2v) is 3.12. The summed E-state index contributed by atoms with van der Waals surface area (Å²) in [6, 6.07) is -0.00926. The fourth-order valence-corrected chi connectivity index (χ4v) is 1.51. The molecule has 2 rings (SSSR count). The summed E-state index contributed by atoms with van der Waals surface area (Å²) < 4.78 is 0. The molecular formula is C8H9NO. The van der Waals surface area contributed by atoms with Crippen LogP contribution in [0.25, 0.3) is 0 Å². The maximum absolute atomic E-state index is 10.2. The van der Waals surface area contributed by atoms with E-state index in [1.807, 2.05) is 0 Å². The van der Waals surface area contributed by atoms with E-state index in [-0.39, 0.29) is 6.04 Å². The van der Waals surface area contributed by atoms with Gasteiger partial charge in [-0.15, -0.1) is 5.92 Å². The van der Waals surface area contributed by atoms with E-state index in [0.717, 1.165) is 6.42 Å². The fraction of sp³-hybridized carbons (Fsp3) is 0.750. The zero-order chi connectivity index (χ0) is 6.97. The first-order valence-corrected chi connectivity index (χ1v) is 3.71. The van der Waals surface area contributed by atoms with Gasteiger partial charge < -0.3 is 0 Å². The molecule has 0 aromatic heterocycles. The Bertz CT molecular complexity index is 213. The SMILES string of the molecule is O=NC1CC#CC2CC2C1. The summed E-state index contributed by atoms with van der Waals surface area (Å²) in [5.74, 6) is 7.45. The van der Waals surface area contributed by atoms with Gasteiger partial charge in [0, 0.05) is 12.3 Å². The molecule has 0 aliphatic heterocycles. The number of fused-ring (bicyclic) bond motifs is 1. The van der Waals surface area contributed by atoms with Crippen molar-refractivity contribution in [3.63, 3.8) is 0 Å². The number of rotatable bonds is 1. The Morgan fingerprint density at radius 2 is 2.30 bits per heavy atom. The molecule has 3 unspecified atom stereocenters. The van der Waals surface area contributed by atoms with Gasteiger partial charge in [-0.25, -0.2) is 0 Å². The highest BCUT2D eigenvalue weighted by Gasteiger charge is 2.38. The average Bonchev–Trinajstić information content (AvgIpc) is 2.61. The quantitative estimate of drug-likeness (QED) is 0.396. The second kappa shape index (κ2) is 2.09. The molecule has 2 heteroatoms. The number of hydrogen-bond donors (Lipinski definition) is 0. The minimum Gasteiger partial charge on any atom is -0.150 e. The maximum Gasteiger partial charge on any atom is 0.103 e. The molecule has 0 radical (unpaired) electrons. The lowest BCUT2D eigenvalue weighted by atomic mass is 10.1. The van der Waals surface area contributed by atoms with Crippen molar-refractivity contribution in [1.29, 1.82) is 0 Å². The monoisotopic (exact) mass is 135 g/mol. The topological polar surface area (TPSA) is 29.4 Å². The molecule has 52 valence electrons. The smallest absolute Gasteiger partial charge is 0.103 e. The van der Waals surface area contributed by atoms with Crippen LogP contribution < -0.4 is 0 Å². The molecule has 1 fully saturated rings. The lowest BCUT2D eigenvalue weighted by molar-refractivity contribution is 0.575. The lowest BCUT2D eigenvalue weighted by Crippen LogP contribution is -2.02. The van der Waals surface area contributed by atoms with Crippen LogP contribution in [0.4, 0.5) is 0 Å². The first kappa shape index (κ1) is 5.91. The molecule has 3 atom stereocenters. The second-order valence-electron chi connectivity index (χ2n) is 3.12. The van der Waals surface area contributed by atoms with Crippen molar-refractivity contribution in [2.75, 3.05) is 0 Å². The van der Waals surface area contributed by atoms with Gasteiger partial charge in [0.2, 0.25) is 0 Å². The number of nitrogens with zero attached hydrogens (tertiary/aromatic N) is 1. The van der Waals surface area contributed by atoms with Gasteiger partial charge >= 0.3 is 0 Å². The Morgan fingerprint density at radius 3 is 3.10 bits per heavy atom. The minimum atomic E-state index is -0.00926. The van der Waals surface area contributed by atoms with Gasteiger partial charge in [0.05, 0.1) is 0 Å². The van der Waals surface area contributed by atoms with Crippen molar-refractivity contribution < 1.29 is 0 Å². The molecule has 0 aromatic rings. The molecule has 0 N–H and O–H groups in total. The van der Waals surface area contributed by atoms with Crippen molar-refractivity contribution in [2.24, 2.45) is 17.0 Å². The van der Waals surface area contributed by atoms with Gasteiger partial charge in [-0.2, -0.15) is 4.91 Å². The van der Waals surface area contributed by atoms with Crippen LogP contribution in [0.1, 0.15) is 19.3 Å². The van der Waals surface area contributed by atoms with Crippen LogP contribution in [0, 0.1) is 28.6 Å². The van der Waals surface area contributed by atoms with E-state index in [9.17, 15) is 4.91 Å². The van der Waals surface area contributed by atoms with E-state index in [2.05, 4.69) is 17.0 Å². The van der Waals surface area contributed by atoms with Crippen LogP contribution in [-0.2, 0) is 0 Å². The third-order valence-corrected chi connectivity index (χ3v) is 2.27. The summed E-state index contributed by atoms with van der Waals surface area (Å²) >= 11 is 0. The highest BCUT2D eigenvalue weighted by atomic mass is 16.3. The van der Waals surface area contributed by atoms with Crippen LogP contribution in [0.2, 0.25) is 0 Å². The Morgan fingerprint density at radius 1 is 1.40 bits per heavy atom. The van der Waals surface area contributed by atoms with Crippen molar-refractivity contribution in [1.82, 2.24) is 0 Å². The van der Waals surface area contributed by atoms with Gasteiger partial charge in [0.1, 0.15) is 6.04 Å². The molecule has 0 spiro atoms. The van der Waals surface area contributed by atoms with Gasteiger partial charge in [0.25, 0.3) is 0 Å². The van der Waals surface area contributed by atoms with E-state index < -0.39 is 0 Å². The van der Waals surface area contributed by atoms with Crippen molar-refractivity contribution >= 4 is 0 Å². The molecule has 1 saturated carbocycles. The third-order valence-electron chi connectivity index (χ3n) is 2.27. The molecule has 0 saturated heterocycles. The van der Waals surface area contributed by atoms with Gasteiger partial charge in [-0.05, 0) is 18.8 Å². The van der Waals surface area contributed by atoms with Crippen LogP contribution >= 0.6 is 0 Å². The molecule has 0 amide bonds. The van der Waals surface area contributed by atoms with Gasteiger partial charge in [-0.3, -0.25) is 0 Å². The highest BCUT2D eigenvalue weighted by Crippen LogP contribution is 2.43. The first-order chi connectivity index (χ1) is 4.90. The van der Waals surface area contributed by atoms with Gasteiger partial charge in [0.15, 0.2) is 0 Å². The molecule has 0 heterocycles. The van der Waals surface area contributed by atoms with Gasteiger partial charge in [-0.1, -0.05) is 11.1 Å². The summed E-state index contributed by atoms with van der Waals surface area (Å²) in [6.07, 6.45) is 2.86. The Kier molecular flexibility index (Phi) is 1.23. The largest absolute Gasteiger partial charge is 0.150 e. The van der Waals surface area contributed by atoms with E-state index >= 15 is 0 Å². The predicted molar refractivity (Wildman–Crippen MR) is 38.2 cm³/mol. The first-order valence-electron chi connectivity index (χ1n) is 3.71. The Hall–Kier alpha value is -0.840. The number of hydrogen-bond acceptors (Lipinski definition) is 2. The van der Waals surface area contributed by atoms with Crippen LogP contribution in [-0.4, -0.2) is 6.04 Å². The summed E-state index contributed by atoms with van der Waals surface area (Å²) in [6.45, 7) is 0. The van der Waals surface area contributed by atoms with Crippen LogP contribution in [0.3, 0.4) is 0 Å². The summed E-state index contributed by atoms with van der Waals surface area (Å²) in [5, 5.41) is 3.03. The minimum absolute atomic E-state index is 0.00926. The number of nitroso groups, excluding NO2 is 1.